The number of nitrogens with two attached hydrogens (primary N) is 1. The van der Waals surface area contributed by atoms with E-state index < -0.39 is 0 Å². The van der Waals surface area contributed by atoms with Crippen molar-refractivity contribution >= 4 is 5.91 Å². The normalized spacial score (nSPS) is 15.7. The zero-order valence-corrected chi connectivity index (χ0v) is 9.67. The highest BCUT2D eigenvalue weighted by Crippen LogP contribution is 2.29. The molecular weight excluding hydrogens is 190 g/mol. The molecule has 1 amide bonds. The van der Waals surface area contributed by atoms with E-state index in [1.54, 1.807) is 0 Å². The minimum Gasteiger partial charge on any atom is -0.303 e. The van der Waals surface area contributed by atoms with Crippen LogP contribution in [0.5, 0.6) is 0 Å². The summed E-state index contributed by atoms with van der Waals surface area (Å²) in [4.78, 5) is 13.3. The van der Waals surface area contributed by atoms with Crippen LogP contribution in [0.25, 0.3) is 0 Å². The monoisotopic (exact) mass is 213 g/mol. The van der Waals surface area contributed by atoms with Crippen molar-refractivity contribution in [3.05, 3.63) is 0 Å². The predicted octanol–water partition coefficient (Wildman–Crippen LogP) is 0.879. The standard InChI is InChI=1S/C11H23N3O/c1-2-14(9-10-6-7-10)8-4-3-5-11(15)13-12/h10H,2-9,12H2,1H3,(H,13,15). The summed E-state index contributed by atoms with van der Waals surface area (Å²) in [6.45, 7) is 5.69. The maximum atomic E-state index is 10.9. The minimum absolute atomic E-state index is 0.0553. The molecule has 0 atom stereocenters. The molecular formula is C11H23N3O. The summed E-state index contributed by atoms with van der Waals surface area (Å²) in [6.07, 6.45) is 5.40. The summed E-state index contributed by atoms with van der Waals surface area (Å²) in [6, 6.07) is 0. The largest absolute Gasteiger partial charge is 0.303 e. The van der Waals surface area contributed by atoms with Gasteiger partial charge in [0.05, 0.1) is 0 Å². The number of nitrogens with zero attached hydrogens (tertiary/aromatic N) is 1. The molecule has 4 heteroatoms. The summed E-state index contributed by atoms with van der Waals surface area (Å²) >= 11 is 0. The van der Waals surface area contributed by atoms with E-state index in [4.69, 9.17) is 5.84 Å². The van der Waals surface area contributed by atoms with Crippen molar-refractivity contribution in [1.29, 1.82) is 0 Å². The van der Waals surface area contributed by atoms with Crippen LogP contribution >= 0.6 is 0 Å². The fourth-order valence-electron chi connectivity index (χ4n) is 1.74. The van der Waals surface area contributed by atoms with Gasteiger partial charge in [-0.15, -0.1) is 0 Å². The summed E-state index contributed by atoms with van der Waals surface area (Å²) in [7, 11) is 0. The van der Waals surface area contributed by atoms with Crippen LogP contribution in [-0.2, 0) is 4.79 Å². The van der Waals surface area contributed by atoms with E-state index in [9.17, 15) is 4.79 Å². The van der Waals surface area contributed by atoms with E-state index in [0.29, 0.717) is 6.42 Å². The molecule has 0 aromatic heterocycles. The number of nitrogens with one attached hydrogen (secondary N) is 1. The Morgan fingerprint density at radius 1 is 1.47 bits per heavy atom. The zero-order valence-electron chi connectivity index (χ0n) is 9.67. The van der Waals surface area contributed by atoms with Gasteiger partial charge in [-0.1, -0.05) is 6.92 Å². The molecule has 4 nitrogen and oxygen atoms in total. The highest BCUT2D eigenvalue weighted by atomic mass is 16.2. The van der Waals surface area contributed by atoms with Gasteiger partial charge in [0.2, 0.25) is 5.91 Å². The first kappa shape index (κ1) is 12.5. The molecule has 0 aromatic carbocycles. The van der Waals surface area contributed by atoms with E-state index in [1.807, 2.05) is 0 Å². The quantitative estimate of drug-likeness (QED) is 0.272. The fraction of sp³-hybridized carbons (Fsp3) is 0.909. The van der Waals surface area contributed by atoms with Gasteiger partial charge in [-0.25, -0.2) is 5.84 Å². The van der Waals surface area contributed by atoms with Gasteiger partial charge in [0.15, 0.2) is 0 Å². The molecule has 0 heterocycles. The van der Waals surface area contributed by atoms with Gasteiger partial charge in [-0.05, 0) is 44.7 Å². The first-order chi connectivity index (χ1) is 7.26. The van der Waals surface area contributed by atoms with Crippen LogP contribution in [0.3, 0.4) is 0 Å². The Morgan fingerprint density at radius 3 is 2.73 bits per heavy atom. The summed E-state index contributed by atoms with van der Waals surface area (Å²) < 4.78 is 0. The molecule has 3 N–H and O–H groups in total. The lowest BCUT2D eigenvalue weighted by Gasteiger charge is -2.19. The third kappa shape index (κ3) is 5.74. The maximum absolute atomic E-state index is 10.9. The third-order valence-corrected chi connectivity index (χ3v) is 2.95. The Morgan fingerprint density at radius 2 is 2.20 bits per heavy atom. The Hall–Kier alpha value is -0.610. The van der Waals surface area contributed by atoms with E-state index in [2.05, 4.69) is 17.2 Å². The Balaban J connectivity index is 1.98. The van der Waals surface area contributed by atoms with E-state index in [1.165, 1.54) is 19.4 Å². The lowest BCUT2D eigenvalue weighted by Crippen LogP contribution is -2.30. The molecule has 88 valence electrons. The van der Waals surface area contributed by atoms with Gasteiger partial charge in [-0.3, -0.25) is 10.2 Å². The number of amides is 1. The van der Waals surface area contributed by atoms with Gasteiger partial charge < -0.3 is 4.90 Å². The molecule has 1 rings (SSSR count). The van der Waals surface area contributed by atoms with E-state index in [0.717, 1.165) is 31.8 Å². The molecule has 0 spiro atoms. The molecule has 1 aliphatic carbocycles. The predicted molar refractivity (Wildman–Crippen MR) is 61.0 cm³/mol. The minimum atomic E-state index is -0.0553. The number of hydrogen-bond donors (Lipinski definition) is 2. The van der Waals surface area contributed by atoms with Gasteiger partial charge in [0, 0.05) is 13.0 Å². The number of rotatable bonds is 8. The smallest absolute Gasteiger partial charge is 0.233 e. The average Bonchev–Trinajstić information content (AvgIpc) is 3.05. The van der Waals surface area contributed by atoms with Crippen molar-refractivity contribution in [2.45, 2.75) is 39.0 Å². The van der Waals surface area contributed by atoms with Crippen LogP contribution in [0.2, 0.25) is 0 Å². The Kier molecular flexibility index (Phi) is 5.65. The molecule has 0 bridgehead atoms. The third-order valence-electron chi connectivity index (χ3n) is 2.95. The lowest BCUT2D eigenvalue weighted by molar-refractivity contribution is -0.121. The molecule has 1 saturated carbocycles. The topological polar surface area (TPSA) is 58.4 Å². The molecule has 15 heavy (non-hydrogen) atoms. The zero-order chi connectivity index (χ0) is 11.1. The van der Waals surface area contributed by atoms with E-state index in [-0.39, 0.29) is 5.91 Å². The van der Waals surface area contributed by atoms with Crippen molar-refractivity contribution in [3.63, 3.8) is 0 Å². The molecule has 0 radical (unpaired) electrons. The summed E-state index contributed by atoms with van der Waals surface area (Å²) in [5, 5.41) is 0. The number of hydrogen-bond acceptors (Lipinski definition) is 3. The maximum Gasteiger partial charge on any atom is 0.233 e. The van der Waals surface area contributed by atoms with Crippen molar-refractivity contribution in [1.82, 2.24) is 10.3 Å². The molecule has 1 aliphatic rings. The van der Waals surface area contributed by atoms with Crippen LogP contribution in [0.1, 0.15) is 39.0 Å². The number of carbonyl (C=O) groups is 1. The number of hydrazine groups is 1. The summed E-state index contributed by atoms with van der Waals surface area (Å²) in [5.74, 6) is 5.90. The fourth-order valence-corrected chi connectivity index (χ4v) is 1.74. The Bertz CT molecular complexity index is 192. The second-order valence-corrected chi connectivity index (χ2v) is 4.36. The SMILES string of the molecule is CCN(CCCCC(=O)NN)CC1CC1. The van der Waals surface area contributed by atoms with Gasteiger partial charge in [0.25, 0.3) is 0 Å². The first-order valence-electron chi connectivity index (χ1n) is 5.98. The van der Waals surface area contributed by atoms with Crippen molar-refractivity contribution in [2.75, 3.05) is 19.6 Å². The Labute approximate surface area is 92.2 Å². The molecule has 0 aromatic rings. The van der Waals surface area contributed by atoms with Crippen molar-refractivity contribution in [3.8, 4) is 0 Å². The van der Waals surface area contributed by atoms with Gasteiger partial charge in [0.1, 0.15) is 0 Å². The van der Waals surface area contributed by atoms with Gasteiger partial charge >= 0.3 is 0 Å². The van der Waals surface area contributed by atoms with Crippen molar-refractivity contribution < 1.29 is 4.79 Å². The highest BCUT2D eigenvalue weighted by Gasteiger charge is 2.23. The summed E-state index contributed by atoms with van der Waals surface area (Å²) in [5.41, 5.74) is 2.16. The number of unbranched alkanes of at least 4 members (excludes halogenated alkanes) is 1. The van der Waals surface area contributed by atoms with Crippen molar-refractivity contribution in [2.24, 2.45) is 11.8 Å². The average molecular weight is 213 g/mol. The van der Waals surface area contributed by atoms with Crippen LogP contribution < -0.4 is 11.3 Å². The molecule has 0 saturated heterocycles. The molecule has 1 fully saturated rings. The second-order valence-electron chi connectivity index (χ2n) is 4.36. The van der Waals surface area contributed by atoms with Gasteiger partial charge in [-0.2, -0.15) is 0 Å². The van der Waals surface area contributed by atoms with Crippen LogP contribution in [0.4, 0.5) is 0 Å². The number of carbonyl (C=O) groups excluding carboxylic acids is 1. The van der Waals surface area contributed by atoms with Crippen LogP contribution in [0, 0.1) is 5.92 Å². The first-order valence-corrected chi connectivity index (χ1v) is 5.98. The van der Waals surface area contributed by atoms with Crippen LogP contribution in [0.15, 0.2) is 0 Å². The highest BCUT2D eigenvalue weighted by molar-refractivity contribution is 5.75. The molecule has 0 unspecified atom stereocenters. The second kappa shape index (κ2) is 6.80. The molecule has 0 aliphatic heterocycles. The van der Waals surface area contributed by atoms with E-state index >= 15 is 0 Å². The lowest BCUT2D eigenvalue weighted by atomic mass is 10.2. The van der Waals surface area contributed by atoms with Crippen LogP contribution in [-0.4, -0.2) is 30.4 Å².